The van der Waals surface area contributed by atoms with Crippen molar-refractivity contribution in [3.8, 4) is 0 Å². The largest absolute Gasteiger partial charge is 0.395 e. The first kappa shape index (κ1) is 17.9. The molecule has 2 heterocycles. The second-order valence-electron chi connectivity index (χ2n) is 6.79. The summed E-state index contributed by atoms with van der Waals surface area (Å²) in [5.74, 6) is -0.363. The Labute approximate surface area is 147 Å². The van der Waals surface area contributed by atoms with Crippen LogP contribution in [0.15, 0.2) is 18.2 Å². The van der Waals surface area contributed by atoms with Crippen LogP contribution >= 0.6 is 0 Å². The molecule has 2 aromatic rings. The first-order valence-electron chi connectivity index (χ1n) is 8.97. The normalized spacial score (nSPS) is 18.6. The van der Waals surface area contributed by atoms with Crippen LogP contribution in [0.1, 0.15) is 30.5 Å². The Morgan fingerprint density at radius 1 is 1.44 bits per heavy atom. The fraction of sp³-hybridized carbons (Fsp3) is 0.526. The molecule has 1 aromatic heterocycles. The number of aromatic nitrogens is 1. The van der Waals surface area contributed by atoms with Crippen LogP contribution in [-0.4, -0.2) is 53.2 Å². The molecule has 1 saturated heterocycles. The maximum Gasteiger partial charge on any atom is 0.224 e. The van der Waals surface area contributed by atoms with Gasteiger partial charge in [-0.15, -0.1) is 0 Å². The average Bonchev–Trinajstić information content (AvgIpc) is 2.93. The number of benzene rings is 1. The van der Waals surface area contributed by atoms with Crippen LogP contribution in [0.4, 0.5) is 4.39 Å². The maximum atomic E-state index is 13.8. The number of para-hydroxylation sites is 1. The third kappa shape index (κ3) is 4.02. The number of halogens is 1. The molecule has 1 aromatic carbocycles. The molecule has 0 spiro atoms. The molecule has 0 saturated carbocycles. The van der Waals surface area contributed by atoms with Crippen molar-refractivity contribution in [1.82, 2.24) is 15.2 Å². The smallest absolute Gasteiger partial charge is 0.224 e. The predicted molar refractivity (Wildman–Crippen MR) is 96.0 cm³/mol. The van der Waals surface area contributed by atoms with Crippen molar-refractivity contribution >= 4 is 16.8 Å². The first-order chi connectivity index (χ1) is 12.1. The van der Waals surface area contributed by atoms with Crippen LogP contribution in [0, 0.1) is 12.7 Å². The molecule has 6 heteroatoms. The summed E-state index contributed by atoms with van der Waals surface area (Å²) in [6.45, 7) is 4.32. The summed E-state index contributed by atoms with van der Waals surface area (Å²) in [4.78, 5) is 17.6. The second-order valence-corrected chi connectivity index (χ2v) is 6.79. The van der Waals surface area contributed by atoms with Crippen molar-refractivity contribution in [3.05, 3.63) is 35.3 Å². The fourth-order valence-corrected chi connectivity index (χ4v) is 3.72. The molecular weight excluding hydrogens is 321 g/mol. The minimum absolute atomic E-state index is 0.0641. The number of fused-ring (bicyclic) bond motifs is 1. The number of aromatic amines is 1. The van der Waals surface area contributed by atoms with Gasteiger partial charge in [-0.3, -0.25) is 9.69 Å². The number of piperidine rings is 1. The highest BCUT2D eigenvalue weighted by atomic mass is 19.1. The molecule has 5 nitrogen and oxygen atoms in total. The third-order valence-corrected chi connectivity index (χ3v) is 5.12. The van der Waals surface area contributed by atoms with E-state index in [1.54, 1.807) is 6.07 Å². The summed E-state index contributed by atoms with van der Waals surface area (Å²) < 4.78 is 13.8. The van der Waals surface area contributed by atoms with Crippen LogP contribution in [-0.2, 0) is 11.2 Å². The number of aryl methyl sites for hydroxylation is 1. The topological polar surface area (TPSA) is 68.4 Å². The molecule has 0 aliphatic carbocycles. The molecule has 1 atom stereocenters. The third-order valence-electron chi connectivity index (χ3n) is 5.12. The van der Waals surface area contributed by atoms with Crippen LogP contribution < -0.4 is 5.32 Å². The van der Waals surface area contributed by atoms with Gasteiger partial charge in [-0.25, -0.2) is 4.39 Å². The van der Waals surface area contributed by atoms with E-state index in [-0.39, 0.29) is 30.8 Å². The Morgan fingerprint density at radius 2 is 2.28 bits per heavy atom. The number of nitrogens with one attached hydrogen (secondary N) is 2. The van der Waals surface area contributed by atoms with E-state index >= 15 is 0 Å². The van der Waals surface area contributed by atoms with E-state index in [0.717, 1.165) is 49.0 Å². The van der Waals surface area contributed by atoms with Gasteiger partial charge in [0.1, 0.15) is 5.82 Å². The van der Waals surface area contributed by atoms with Crippen LogP contribution in [0.5, 0.6) is 0 Å². The lowest BCUT2D eigenvalue weighted by Gasteiger charge is -2.34. The average molecular weight is 347 g/mol. The van der Waals surface area contributed by atoms with E-state index in [9.17, 15) is 14.3 Å². The number of hydrogen-bond donors (Lipinski definition) is 3. The molecule has 25 heavy (non-hydrogen) atoms. The van der Waals surface area contributed by atoms with Crippen LogP contribution in [0.2, 0.25) is 0 Å². The van der Waals surface area contributed by atoms with E-state index in [0.29, 0.717) is 12.1 Å². The zero-order valence-electron chi connectivity index (χ0n) is 14.6. The van der Waals surface area contributed by atoms with Gasteiger partial charge < -0.3 is 15.4 Å². The number of amides is 1. The van der Waals surface area contributed by atoms with E-state index in [4.69, 9.17) is 0 Å². The first-order valence-corrected chi connectivity index (χ1v) is 8.97. The molecule has 0 radical (unpaired) electrons. The Bertz CT molecular complexity index is 744. The molecule has 136 valence electrons. The van der Waals surface area contributed by atoms with Gasteiger partial charge in [-0.2, -0.15) is 0 Å². The van der Waals surface area contributed by atoms with Gasteiger partial charge in [-0.05, 0) is 37.9 Å². The maximum absolute atomic E-state index is 13.8. The summed E-state index contributed by atoms with van der Waals surface area (Å²) >= 11 is 0. The number of aliphatic hydroxyl groups is 1. The lowest BCUT2D eigenvalue weighted by Crippen LogP contribution is -2.45. The summed E-state index contributed by atoms with van der Waals surface area (Å²) in [7, 11) is 0. The highest BCUT2D eigenvalue weighted by Crippen LogP contribution is 2.24. The summed E-state index contributed by atoms with van der Waals surface area (Å²) in [6, 6.07) is 5.13. The molecule has 1 amide bonds. The number of aliphatic hydroxyl groups excluding tert-OH is 1. The van der Waals surface area contributed by atoms with Crippen molar-refractivity contribution in [2.24, 2.45) is 0 Å². The lowest BCUT2D eigenvalue weighted by atomic mass is 10.0. The highest BCUT2D eigenvalue weighted by molar-refractivity contribution is 5.90. The molecule has 0 unspecified atom stereocenters. The number of hydrogen-bond acceptors (Lipinski definition) is 3. The minimum atomic E-state index is -0.299. The van der Waals surface area contributed by atoms with Crippen molar-refractivity contribution in [1.29, 1.82) is 0 Å². The van der Waals surface area contributed by atoms with E-state index < -0.39 is 0 Å². The van der Waals surface area contributed by atoms with Crippen molar-refractivity contribution in [2.75, 3.05) is 26.2 Å². The molecule has 1 fully saturated rings. The van der Waals surface area contributed by atoms with Crippen LogP contribution in [0.3, 0.4) is 0 Å². The van der Waals surface area contributed by atoms with Gasteiger partial charge in [0.05, 0.1) is 18.5 Å². The molecule has 0 bridgehead atoms. The lowest BCUT2D eigenvalue weighted by molar-refractivity contribution is -0.120. The van der Waals surface area contributed by atoms with E-state index in [1.165, 1.54) is 6.07 Å². The standard InChI is InChI=1S/C19H26FN3O2/c1-13-16(15-6-4-7-17(20)19(15)22-13)11-18(25)21-8-10-23-9-3-2-5-14(23)12-24/h4,6-7,14,22,24H,2-3,5,8-12H2,1H3,(H,21,25)/t14-/m0/s1. The monoisotopic (exact) mass is 347 g/mol. The number of carbonyl (C=O) groups is 1. The second kappa shape index (κ2) is 7.97. The molecule has 1 aliphatic heterocycles. The number of carbonyl (C=O) groups excluding carboxylic acids is 1. The van der Waals surface area contributed by atoms with Crippen molar-refractivity contribution < 1.29 is 14.3 Å². The Hall–Kier alpha value is -1.92. The Morgan fingerprint density at radius 3 is 3.08 bits per heavy atom. The summed E-state index contributed by atoms with van der Waals surface area (Å²) in [5, 5.41) is 13.1. The molecular formula is C19H26FN3O2. The Balaban J connectivity index is 1.56. The number of nitrogens with zero attached hydrogens (tertiary/aromatic N) is 1. The predicted octanol–water partition coefficient (Wildman–Crippen LogP) is 2.12. The van der Waals surface area contributed by atoms with Gasteiger partial charge >= 0.3 is 0 Å². The van der Waals surface area contributed by atoms with E-state index in [1.807, 2.05) is 13.0 Å². The van der Waals surface area contributed by atoms with Crippen molar-refractivity contribution in [3.63, 3.8) is 0 Å². The minimum Gasteiger partial charge on any atom is -0.395 e. The quantitative estimate of drug-likeness (QED) is 0.750. The molecule has 3 N–H and O–H groups in total. The van der Waals surface area contributed by atoms with Gasteiger partial charge in [0.25, 0.3) is 0 Å². The number of rotatable bonds is 6. The van der Waals surface area contributed by atoms with Gasteiger partial charge in [-0.1, -0.05) is 18.6 Å². The van der Waals surface area contributed by atoms with Gasteiger partial charge in [0, 0.05) is 30.2 Å². The van der Waals surface area contributed by atoms with Gasteiger partial charge in [0.2, 0.25) is 5.91 Å². The Kier molecular flexibility index (Phi) is 5.71. The zero-order valence-corrected chi connectivity index (χ0v) is 14.6. The summed E-state index contributed by atoms with van der Waals surface area (Å²) in [6.07, 6.45) is 3.55. The zero-order chi connectivity index (χ0) is 17.8. The number of likely N-dealkylation sites (tertiary alicyclic amines) is 1. The van der Waals surface area contributed by atoms with E-state index in [2.05, 4.69) is 15.2 Å². The summed E-state index contributed by atoms with van der Waals surface area (Å²) in [5.41, 5.74) is 2.13. The highest BCUT2D eigenvalue weighted by Gasteiger charge is 2.21. The van der Waals surface area contributed by atoms with Crippen LogP contribution in [0.25, 0.3) is 10.9 Å². The number of H-pyrrole nitrogens is 1. The SMILES string of the molecule is Cc1[nH]c2c(F)cccc2c1CC(=O)NCCN1CCCC[C@H]1CO. The molecule has 3 rings (SSSR count). The molecule has 1 aliphatic rings. The van der Waals surface area contributed by atoms with Gasteiger partial charge in [0.15, 0.2) is 0 Å². The van der Waals surface area contributed by atoms with Crippen molar-refractivity contribution in [2.45, 2.75) is 38.6 Å². The fourth-order valence-electron chi connectivity index (χ4n) is 3.72.